The number of unbranched alkanes of at least 4 members (excludes halogenated alkanes) is 2. The monoisotopic (exact) mass is 257 g/mol. The Labute approximate surface area is 112 Å². The van der Waals surface area contributed by atoms with Crippen LogP contribution >= 0.6 is 0 Å². The number of nitrogens with two attached hydrogens (primary N) is 1. The second-order valence-electron chi connectivity index (χ2n) is 4.95. The maximum Gasteiger partial charge on any atom is 0.233 e. The summed E-state index contributed by atoms with van der Waals surface area (Å²) in [5.41, 5.74) is 2.17. The number of carbonyl (C=O) groups excluding carboxylic acids is 1. The molecule has 0 saturated carbocycles. The van der Waals surface area contributed by atoms with E-state index in [9.17, 15) is 4.79 Å². The summed E-state index contributed by atoms with van der Waals surface area (Å²) < 4.78 is 0. The van der Waals surface area contributed by atoms with Gasteiger partial charge in [0, 0.05) is 13.0 Å². The standard InChI is InChI=1S/C14H31N3O/c1-4-13(5-2)12-17(6-3)11-9-7-8-10-14(18)16-15/h13H,4-12,15H2,1-3H3,(H,16,18). The Hall–Kier alpha value is -0.610. The van der Waals surface area contributed by atoms with Crippen LogP contribution in [0.3, 0.4) is 0 Å². The smallest absolute Gasteiger partial charge is 0.233 e. The van der Waals surface area contributed by atoms with Gasteiger partial charge in [-0.3, -0.25) is 10.2 Å². The molecule has 0 radical (unpaired) electrons. The fourth-order valence-electron chi connectivity index (χ4n) is 2.16. The summed E-state index contributed by atoms with van der Waals surface area (Å²) in [6.07, 6.45) is 6.30. The van der Waals surface area contributed by atoms with Crippen molar-refractivity contribution < 1.29 is 4.79 Å². The Balaban J connectivity index is 3.64. The maximum atomic E-state index is 10.9. The molecule has 18 heavy (non-hydrogen) atoms. The summed E-state index contributed by atoms with van der Waals surface area (Å²) in [4.78, 5) is 13.5. The van der Waals surface area contributed by atoms with E-state index in [0.717, 1.165) is 31.8 Å². The van der Waals surface area contributed by atoms with E-state index in [0.29, 0.717) is 6.42 Å². The molecule has 4 nitrogen and oxygen atoms in total. The molecule has 4 heteroatoms. The van der Waals surface area contributed by atoms with Gasteiger partial charge in [0.15, 0.2) is 0 Å². The molecule has 0 aromatic heterocycles. The van der Waals surface area contributed by atoms with E-state index < -0.39 is 0 Å². The highest BCUT2D eigenvalue weighted by Gasteiger charge is 2.09. The van der Waals surface area contributed by atoms with Crippen LogP contribution in [-0.2, 0) is 4.79 Å². The van der Waals surface area contributed by atoms with Crippen LogP contribution in [0.15, 0.2) is 0 Å². The third kappa shape index (κ3) is 8.48. The minimum atomic E-state index is -0.0561. The van der Waals surface area contributed by atoms with E-state index in [-0.39, 0.29) is 5.91 Å². The van der Waals surface area contributed by atoms with Crippen molar-refractivity contribution in [3.05, 3.63) is 0 Å². The van der Waals surface area contributed by atoms with E-state index in [1.165, 1.54) is 25.8 Å². The van der Waals surface area contributed by atoms with Gasteiger partial charge in [-0.25, -0.2) is 5.84 Å². The second kappa shape index (κ2) is 11.5. The van der Waals surface area contributed by atoms with E-state index >= 15 is 0 Å². The van der Waals surface area contributed by atoms with Crippen molar-refractivity contribution in [2.75, 3.05) is 19.6 Å². The van der Waals surface area contributed by atoms with Crippen LogP contribution in [0.4, 0.5) is 0 Å². The van der Waals surface area contributed by atoms with Gasteiger partial charge >= 0.3 is 0 Å². The zero-order chi connectivity index (χ0) is 13.8. The minimum Gasteiger partial charge on any atom is -0.303 e. The summed E-state index contributed by atoms with van der Waals surface area (Å²) in [5.74, 6) is 5.80. The van der Waals surface area contributed by atoms with Gasteiger partial charge in [0.05, 0.1) is 0 Å². The highest BCUT2D eigenvalue weighted by molar-refractivity contribution is 5.74. The molecule has 1 amide bonds. The quantitative estimate of drug-likeness (QED) is 0.258. The number of hydrazine groups is 1. The number of hydrogen-bond donors (Lipinski definition) is 2. The lowest BCUT2D eigenvalue weighted by atomic mass is 10.0. The average Bonchev–Trinajstić information content (AvgIpc) is 2.41. The molecule has 3 N–H and O–H groups in total. The largest absolute Gasteiger partial charge is 0.303 e. The first-order chi connectivity index (χ1) is 8.67. The number of hydrogen-bond acceptors (Lipinski definition) is 3. The fourth-order valence-corrected chi connectivity index (χ4v) is 2.16. The SMILES string of the molecule is CCC(CC)CN(CC)CCCCCC(=O)NN. The molecule has 0 heterocycles. The van der Waals surface area contributed by atoms with Crippen molar-refractivity contribution >= 4 is 5.91 Å². The maximum absolute atomic E-state index is 10.9. The summed E-state index contributed by atoms with van der Waals surface area (Å²) in [7, 11) is 0. The Morgan fingerprint density at radius 3 is 2.33 bits per heavy atom. The van der Waals surface area contributed by atoms with Gasteiger partial charge in [-0.05, 0) is 31.8 Å². The molecule has 0 aliphatic rings. The molecule has 0 rings (SSSR count). The molecule has 0 bridgehead atoms. The summed E-state index contributed by atoms with van der Waals surface area (Å²) in [5, 5.41) is 0. The Kier molecular flexibility index (Phi) is 11.1. The summed E-state index contributed by atoms with van der Waals surface area (Å²) in [6, 6.07) is 0. The first-order valence-corrected chi connectivity index (χ1v) is 7.39. The van der Waals surface area contributed by atoms with Crippen LogP contribution in [0.2, 0.25) is 0 Å². The van der Waals surface area contributed by atoms with Gasteiger partial charge in [-0.15, -0.1) is 0 Å². The fraction of sp³-hybridized carbons (Fsp3) is 0.929. The van der Waals surface area contributed by atoms with Crippen LogP contribution in [0.1, 0.15) is 59.3 Å². The van der Waals surface area contributed by atoms with Crippen LogP contribution in [0, 0.1) is 5.92 Å². The molecule has 0 spiro atoms. The molecule has 0 aliphatic heterocycles. The molecule has 0 fully saturated rings. The summed E-state index contributed by atoms with van der Waals surface area (Å²) in [6.45, 7) is 10.3. The van der Waals surface area contributed by atoms with Gasteiger partial charge in [0.1, 0.15) is 0 Å². The first kappa shape index (κ1) is 17.4. The van der Waals surface area contributed by atoms with E-state index in [2.05, 4.69) is 31.1 Å². The average molecular weight is 257 g/mol. The molecule has 0 unspecified atom stereocenters. The van der Waals surface area contributed by atoms with Crippen LogP contribution in [0.25, 0.3) is 0 Å². The highest BCUT2D eigenvalue weighted by Crippen LogP contribution is 2.11. The zero-order valence-electron chi connectivity index (χ0n) is 12.4. The van der Waals surface area contributed by atoms with Crippen molar-refractivity contribution in [3.63, 3.8) is 0 Å². The molecular weight excluding hydrogens is 226 g/mol. The second-order valence-corrected chi connectivity index (χ2v) is 4.95. The molecule has 0 saturated heterocycles. The predicted molar refractivity (Wildman–Crippen MR) is 77.0 cm³/mol. The predicted octanol–water partition coefficient (Wildman–Crippen LogP) is 2.29. The van der Waals surface area contributed by atoms with Crippen molar-refractivity contribution in [3.8, 4) is 0 Å². The van der Waals surface area contributed by atoms with Crippen molar-refractivity contribution in [2.45, 2.75) is 59.3 Å². The molecule has 0 aromatic carbocycles. The van der Waals surface area contributed by atoms with Gasteiger partial charge in [0.2, 0.25) is 5.91 Å². The third-order valence-corrected chi connectivity index (χ3v) is 3.66. The van der Waals surface area contributed by atoms with Crippen LogP contribution in [-0.4, -0.2) is 30.4 Å². The van der Waals surface area contributed by atoms with Gasteiger partial charge < -0.3 is 4.90 Å². The zero-order valence-corrected chi connectivity index (χ0v) is 12.4. The van der Waals surface area contributed by atoms with E-state index in [4.69, 9.17) is 5.84 Å². The number of nitrogens with one attached hydrogen (secondary N) is 1. The van der Waals surface area contributed by atoms with Crippen molar-refractivity contribution in [1.82, 2.24) is 10.3 Å². The lowest BCUT2D eigenvalue weighted by Gasteiger charge is -2.25. The number of amides is 1. The molecule has 108 valence electrons. The number of nitrogens with zero attached hydrogens (tertiary/aromatic N) is 1. The van der Waals surface area contributed by atoms with Crippen molar-refractivity contribution in [1.29, 1.82) is 0 Å². The van der Waals surface area contributed by atoms with E-state index in [1.807, 2.05) is 0 Å². The topological polar surface area (TPSA) is 58.4 Å². The Morgan fingerprint density at radius 1 is 1.17 bits per heavy atom. The Bertz CT molecular complexity index is 205. The molecule has 0 aliphatic carbocycles. The molecule has 0 aromatic rings. The van der Waals surface area contributed by atoms with Crippen LogP contribution < -0.4 is 11.3 Å². The van der Waals surface area contributed by atoms with Gasteiger partial charge in [-0.2, -0.15) is 0 Å². The minimum absolute atomic E-state index is 0.0561. The lowest BCUT2D eigenvalue weighted by molar-refractivity contribution is -0.121. The van der Waals surface area contributed by atoms with Crippen LogP contribution in [0.5, 0.6) is 0 Å². The summed E-state index contributed by atoms with van der Waals surface area (Å²) >= 11 is 0. The molecule has 0 atom stereocenters. The van der Waals surface area contributed by atoms with E-state index in [1.54, 1.807) is 0 Å². The third-order valence-electron chi connectivity index (χ3n) is 3.66. The van der Waals surface area contributed by atoms with Gasteiger partial charge in [0.25, 0.3) is 0 Å². The number of rotatable bonds is 11. The normalized spacial score (nSPS) is 11.2. The lowest BCUT2D eigenvalue weighted by Crippen LogP contribution is -2.30. The molecular formula is C14H31N3O. The first-order valence-electron chi connectivity index (χ1n) is 7.39. The Morgan fingerprint density at radius 2 is 1.83 bits per heavy atom. The van der Waals surface area contributed by atoms with Gasteiger partial charge in [-0.1, -0.05) is 40.0 Å². The number of carbonyl (C=O) groups is 1. The highest BCUT2D eigenvalue weighted by atomic mass is 16.2. The van der Waals surface area contributed by atoms with Crippen molar-refractivity contribution in [2.24, 2.45) is 11.8 Å².